The number of rotatable bonds is 4. The summed E-state index contributed by atoms with van der Waals surface area (Å²) in [6, 6.07) is 10.3. The summed E-state index contributed by atoms with van der Waals surface area (Å²) >= 11 is 0. The average Bonchev–Trinajstić information content (AvgIpc) is 2.94. The monoisotopic (exact) mass is 268 g/mol. The van der Waals surface area contributed by atoms with E-state index in [1.807, 2.05) is 12.1 Å². The van der Waals surface area contributed by atoms with Crippen LogP contribution >= 0.6 is 0 Å². The lowest BCUT2D eigenvalue weighted by atomic mass is 10.1. The molecule has 1 aromatic carbocycles. The molecule has 0 fully saturated rings. The summed E-state index contributed by atoms with van der Waals surface area (Å²) in [5.41, 5.74) is 10.6. The minimum Gasteiger partial charge on any atom is -0.439 e. The molecule has 0 spiro atoms. The summed E-state index contributed by atoms with van der Waals surface area (Å²) in [6.45, 7) is 2.60. The normalized spacial score (nSPS) is 13.3. The molecule has 1 aliphatic rings. The molecule has 1 heterocycles. The van der Waals surface area contributed by atoms with E-state index in [1.54, 1.807) is 0 Å². The van der Waals surface area contributed by atoms with Crippen LogP contribution in [0.2, 0.25) is 0 Å². The smallest absolute Gasteiger partial charge is 0.223 e. The van der Waals surface area contributed by atoms with Crippen LogP contribution in [0.25, 0.3) is 0 Å². The van der Waals surface area contributed by atoms with Gasteiger partial charge in [-0.3, -0.25) is 0 Å². The fourth-order valence-corrected chi connectivity index (χ4v) is 2.64. The van der Waals surface area contributed by atoms with Crippen molar-refractivity contribution >= 4 is 0 Å². The van der Waals surface area contributed by atoms with Gasteiger partial charge in [0.05, 0.1) is 0 Å². The highest BCUT2D eigenvalue weighted by Crippen LogP contribution is 2.29. The number of hydrogen-bond donors (Lipinski definition) is 1. The minimum atomic E-state index is 0.461. The van der Waals surface area contributed by atoms with Crippen LogP contribution < -0.4 is 10.5 Å². The second-order valence-electron chi connectivity index (χ2n) is 5.22. The number of pyridine rings is 1. The second kappa shape index (κ2) is 5.63. The Morgan fingerprint density at radius 3 is 2.70 bits per heavy atom. The lowest BCUT2D eigenvalue weighted by molar-refractivity contribution is 0.454. The van der Waals surface area contributed by atoms with E-state index in [2.05, 4.69) is 30.1 Å². The molecule has 0 amide bonds. The molecule has 20 heavy (non-hydrogen) atoms. The Labute approximate surface area is 119 Å². The molecule has 0 saturated heterocycles. The van der Waals surface area contributed by atoms with Crippen LogP contribution in [0.4, 0.5) is 0 Å². The quantitative estimate of drug-likeness (QED) is 0.924. The predicted octanol–water partition coefficient (Wildman–Crippen LogP) is 3.38. The van der Waals surface area contributed by atoms with Crippen LogP contribution in [0.1, 0.15) is 35.7 Å². The van der Waals surface area contributed by atoms with Gasteiger partial charge < -0.3 is 10.5 Å². The second-order valence-corrected chi connectivity index (χ2v) is 5.22. The number of nitrogens with two attached hydrogens (primary N) is 1. The molecule has 3 nitrogen and oxygen atoms in total. The molecule has 1 aliphatic carbocycles. The number of hydrogen-bond acceptors (Lipinski definition) is 3. The maximum atomic E-state index is 5.93. The first-order valence-corrected chi connectivity index (χ1v) is 7.28. The number of fused-ring (bicyclic) bond motifs is 1. The van der Waals surface area contributed by atoms with Crippen LogP contribution in [0.3, 0.4) is 0 Å². The summed E-state index contributed by atoms with van der Waals surface area (Å²) in [5.74, 6) is 1.49. The fourth-order valence-electron chi connectivity index (χ4n) is 2.64. The molecule has 3 rings (SSSR count). The summed E-state index contributed by atoms with van der Waals surface area (Å²) < 4.78 is 5.93. The predicted molar refractivity (Wildman–Crippen MR) is 80.0 cm³/mol. The third kappa shape index (κ3) is 2.54. The number of benzene rings is 1. The van der Waals surface area contributed by atoms with Gasteiger partial charge in [-0.2, -0.15) is 0 Å². The van der Waals surface area contributed by atoms with Gasteiger partial charge in [0.25, 0.3) is 0 Å². The van der Waals surface area contributed by atoms with Crippen molar-refractivity contribution in [2.45, 2.75) is 39.2 Å². The molecule has 104 valence electrons. The highest BCUT2D eigenvalue weighted by molar-refractivity contribution is 5.39. The molecule has 0 radical (unpaired) electrons. The Hall–Kier alpha value is -1.87. The molecule has 0 bridgehead atoms. The molecule has 0 atom stereocenters. The zero-order valence-electron chi connectivity index (χ0n) is 11.9. The topological polar surface area (TPSA) is 48.1 Å². The van der Waals surface area contributed by atoms with Crippen molar-refractivity contribution in [3.05, 3.63) is 52.7 Å². The first kappa shape index (κ1) is 13.1. The molecule has 3 heteroatoms. The van der Waals surface area contributed by atoms with E-state index in [4.69, 9.17) is 10.5 Å². The number of aryl methyl sites for hydroxylation is 3. The minimum absolute atomic E-state index is 0.461. The van der Waals surface area contributed by atoms with Crippen LogP contribution in [-0.4, -0.2) is 4.98 Å². The maximum Gasteiger partial charge on any atom is 0.223 e. The number of ether oxygens (including phenoxy) is 1. The molecule has 2 aromatic rings. The number of nitrogens with zero attached hydrogens (tertiary/aromatic N) is 1. The third-order valence-electron chi connectivity index (χ3n) is 3.86. The zero-order valence-corrected chi connectivity index (χ0v) is 11.9. The summed E-state index contributed by atoms with van der Waals surface area (Å²) in [4.78, 5) is 4.66. The number of aromatic nitrogens is 1. The van der Waals surface area contributed by atoms with Crippen molar-refractivity contribution in [1.29, 1.82) is 0 Å². The van der Waals surface area contributed by atoms with Crippen LogP contribution in [-0.2, 0) is 25.8 Å². The SMILES string of the molecule is CCc1ccc(Oc2nc3c(cc2CN)CCC3)cc1. The van der Waals surface area contributed by atoms with E-state index in [-0.39, 0.29) is 0 Å². The lowest BCUT2D eigenvalue weighted by Crippen LogP contribution is -2.04. The van der Waals surface area contributed by atoms with E-state index in [0.717, 1.165) is 30.6 Å². The standard InChI is InChI=1S/C17H20N2O/c1-2-12-6-8-15(9-7-12)20-17-14(11-18)10-13-4-3-5-16(13)19-17/h6-10H,2-5,11,18H2,1H3. The first-order chi connectivity index (χ1) is 9.80. The van der Waals surface area contributed by atoms with Gasteiger partial charge in [0.1, 0.15) is 5.75 Å². The van der Waals surface area contributed by atoms with Gasteiger partial charge in [-0.25, -0.2) is 4.98 Å². The van der Waals surface area contributed by atoms with Gasteiger partial charge in [0.15, 0.2) is 0 Å². The highest BCUT2D eigenvalue weighted by atomic mass is 16.5. The van der Waals surface area contributed by atoms with E-state index in [1.165, 1.54) is 23.2 Å². The van der Waals surface area contributed by atoms with E-state index in [9.17, 15) is 0 Å². The van der Waals surface area contributed by atoms with Crippen LogP contribution in [0.15, 0.2) is 30.3 Å². The van der Waals surface area contributed by atoms with Gasteiger partial charge in [-0.1, -0.05) is 19.1 Å². The van der Waals surface area contributed by atoms with Crippen molar-refractivity contribution in [3.8, 4) is 11.6 Å². The fraction of sp³-hybridized carbons (Fsp3) is 0.353. The maximum absolute atomic E-state index is 5.93. The van der Waals surface area contributed by atoms with Crippen LogP contribution in [0, 0.1) is 0 Å². The first-order valence-electron chi connectivity index (χ1n) is 7.28. The Bertz CT molecular complexity index is 605. The van der Waals surface area contributed by atoms with Crippen molar-refractivity contribution in [2.75, 3.05) is 0 Å². The average molecular weight is 268 g/mol. The molecule has 0 unspecified atom stereocenters. The Balaban J connectivity index is 1.89. The van der Waals surface area contributed by atoms with Gasteiger partial charge >= 0.3 is 0 Å². The van der Waals surface area contributed by atoms with E-state index in [0.29, 0.717) is 12.4 Å². The van der Waals surface area contributed by atoms with Crippen molar-refractivity contribution in [2.24, 2.45) is 5.73 Å². The molecule has 2 N–H and O–H groups in total. The summed E-state index contributed by atoms with van der Waals surface area (Å²) in [7, 11) is 0. The molecular formula is C17H20N2O. The van der Waals surface area contributed by atoms with Crippen molar-refractivity contribution < 1.29 is 4.74 Å². The molecular weight excluding hydrogens is 248 g/mol. The van der Waals surface area contributed by atoms with Gasteiger partial charge in [0, 0.05) is 17.8 Å². The Morgan fingerprint density at radius 2 is 2.00 bits per heavy atom. The van der Waals surface area contributed by atoms with Crippen molar-refractivity contribution in [1.82, 2.24) is 4.98 Å². The molecule has 0 saturated carbocycles. The van der Waals surface area contributed by atoms with E-state index >= 15 is 0 Å². The lowest BCUT2D eigenvalue weighted by Gasteiger charge is -2.11. The highest BCUT2D eigenvalue weighted by Gasteiger charge is 2.17. The molecule has 1 aromatic heterocycles. The Morgan fingerprint density at radius 1 is 1.20 bits per heavy atom. The summed E-state index contributed by atoms with van der Waals surface area (Å²) in [5, 5.41) is 0. The van der Waals surface area contributed by atoms with Gasteiger partial charge in [-0.15, -0.1) is 0 Å². The van der Waals surface area contributed by atoms with Gasteiger partial charge in [0.2, 0.25) is 5.88 Å². The molecule has 0 aliphatic heterocycles. The Kier molecular flexibility index (Phi) is 3.70. The zero-order chi connectivity index (χ0) is 13.9. The van der Waals surface area contributed by atoms with Gasteiger partial charge in [-0.05, 0) is 55.0 Å². The van der Waals surface area contributed by atoms with Crippen molar-refractivity contribution in [3.63, 3.8) is 0 Å². The van der Waals surface area contributed by atoms with Crippen LogP contribution in [0.5, 0.6) is 11.6 Å². The summed E-state index contributed by atoms with van der Waals surface area (Å²) in [6.07, 6.45) is 4.37. The van der Waals surface area contributed by atoms with E-state index < -0.39 is 0 Å². The largest absolute Gasteiger partial charge is 0.439 e. The third-order valence-corrected chi connectivity index (χ3v) is 3.86.